The molecule has 1 atom stereocenters. The molecule has 0 aliphatic heterocycles. The fraction of sp³-hybridized carbons (Fsp3) is 1.00. The van der Waals surface area contributed by atoms with Crippen molar-refractivity contribution in [3.05, 3.63) is 0 Å². The molecule has 0 radical (unpaired) electrons. The Hall–Kier alpha value is -0.0800. The first kappa shape index (κ1) is 21.9. The second kappa shape index (κ2) is 19.0. The quantitative estimate of drug-likeness (QED) is 0.315. The van der Waals surface area contributed by atoms with Crippen molar-refractivity contribution < 1.29 is 0 Å². The van der Waals surface area contributed by atoms with E-state index in [1.165, 1.54) is 103 Å². The fourth-order valence-electron chi connectivity index (χ4n) is 3.19. The summed E-state index contributed by atoms with van der Waals surface area (Å²) < 4.78 is 0. The van der Waals surface area contributed by atoms with Gasteiger partial charge in [0.15, 0.2) is 0 Å². The maximum absolute atomic E-state index is 5.51. The van der Waals surface area contributed by atoms with Crippen molar-refractivity contribution in [2.24, 2.45) is 17.4 Å². The van der Waals surface area contributed by atoms with Crippen LogP contribution in [-0.4, -0.2) is 13.1 Å². The van der Waals surface area contributed by atoms with Crippen LogP contribution in [0.25, 0.3) is 0 Å². The minimum Gasteiger partial charge on any atom is -0.330 e. The molecule has 0 saturated heterocycles. The summed E-state index contributed by atoms with van der Waals surface area (Å²) in [5.74, 6) is 0.939. The van der Waals surface area contributed by atoms with E-state index in [2.05, 4.69) is 6.92 Å². The van der Waals surface area contributed by atoms with E-state index in [0.29, 0.717) is 0 Å². The molecule has 22 heavy (non-hydrogen) atoms. The molecule has 0 amide bonds. The van der Waals surface area contributed by atoms with Crippen LogP contribution >= 0.6 is 0 Å². The normalized spacial score (nSPS) is 12.7. The second-order valence-electron chi connectivity index (χ2n) is 7.21. The summed E-state index contributed by atoms with van der Waals surface area (Å²) in [6.45, 7) is 4.18. The molecule has 0 rings (SSSR count). The minimum atomic E-state index is 0.866. The molecule has 4 N–H and O–H groups in total. The summed E-state index contributed by atoms with van der Waals surface area (Å²) >= 11 is 0. The van der Waals surface area contributed by atoms with Crippen molar-refractivity contribution in [1.29, 1.82) is 0 Å². The lowest BCUT2D eigenvalue weighted by molar-refractivity contribution is 0.430. The van der Waals surface area contributed by atoms with E-state index in [1.54, 1.807) is 0 Å². The second-order valence-corrected chi connectivity index (χ2v) is 7.21. The first-order valence-electron chi connectivity index (χ1n) is 10.2. The van der Waals surface area contributed by atoms with Gasteiger partial charge in [0.1, 0.15) is 0 Å². The number of hydrogen-bond donors (Lipinski definition) is 2. The van der Waals surface area contributed by atoms with Crippen LogP contribution in [0, 0.1) is 5.92 Å². The van der Waals surface area contributed by atoms with E-state index >= 15 is 0 Å². The average Bonchev–Trinajstić information content (AvgIpc) is 2.52. The van der Waals surface area contributed by atoms with Gasteiger partial charge in [0, 0.05) is 0 Å². The van der Waals surface area contributed by atoms with Crippen LogP contribution in [0.3, 0.4) is 0 Å². The standard InChI is InChI=1S/C20H44N2/c1-20(17-13-9-5-7-11-15-19-22)16-12-8-4-2-3-6-10-14-18-21/h20H,2-19,21-22H2,1H3. The van der Waals surface area contributed by atoms with Crippen LogP contribution in [-0.2, 0) is 0 Å². The lowest BCUT2D eigenvalue weighted by Gasteiger charge is -2.11. The number of unbranched alkanes of at least 4 members (excludes halogenated alkanes) is 12. The summed E-state index contributed by atoms with van der Waals surface area (Å²) in [6.07, 6.45) is 22.2. The third-order valence-electron chi connectivity index (χ3n) is 4.80. The van der Waals surface area contributed by atoms with Gasteiger partial charge in [-0.2, -0.15) is 0 Å². The van der Waals surface area contributed by atoms with E-state index in [-0.39, 0.29) is 0 Å². The SMILES string of the molecule is CC(CCCCCCCCN)CCCCCCCCCCN. The summed E-state index contributed by atoms with van der Waals surface area (Å²) in [5, 5.41) is 0. The van der Waals surface area contributed by atoms with Gasteiger partial charge in [-0.05, 0) is 31.8 Å². The minimum absolute atomic E-state index is 0.866. The first-order chi connectivity index (χ1) is 10.8. The van der Waals surface area contributed by atoms with Gasteiger partial charge in [-0.15, -0.1) is 0 Å². The van der Waals surface area contributed by atoms with Gasteiger partial charge in [0.2, 0.25) is 0 Å². The Morgan fingerprint density at radius 3 is 1.05 bits per heavy atom. The molecule has 2 nitrogen and oxygen atoms in total. The third kappa shape index (κ3) is 18.0. The van der Waals surface area contributed by atoms with Crippen LogP contribution in [0.1, 0.15) is 110 Å². The Morgan fingerprint density at radius 2 is 0.727 bits per heavy atom. The van der Waals surface area contributed by atoms with Crippen molar-refractivity contribution in [1.82, 2.24) is 0 Å². The molecule has 0 bridgehead atoms. The topological polar surface area (TPSA) is 52.0 Å². The van der Waals surface area contributed by atoms with E-state index in [9.17, 15) is 0 Å². The predicted molar refractivity (Wildman–Crippen MR) is 101 cm³/mol. The summed E-state index contributed by atoms with van der Waals surface area (Å²) in [6, 6.07) is 0. The Labute approximate surface area is 140 Å². The molecule has 0 aliphatic rings. The smallest absolute Gasteiger partial charge is 0.00773 e. The van der Waals surface area contributed by atoms with Crippen molar-refractivity contribution in [2.75, 3.05) is 13.1 Å². The van der Waals surface area contributed by atoms with Gasteiger partial charge in [0.25, 0.3) is 0 Å². The Balaban J connectivity index is 3.11. The molecule has 0 saturated carbocycles. The monoisotopic (exact) mass is 312 g/mol. The highest BCUT2D eigenvalue weighted by atomic mass is 14.5. The summed E-state index contributed by atoms with van der Waals surface area (Å²) in [5.41, 5.74) is 11.0. The maximum atomic E-state index is 5.51. The zero-order valence-electron chi connectivity index (χ0n) is 15.5. The highest BCUT2D eigenvalue weighted by molar-refractivity contribution is 4.56. The molecule has 1 unspecified atom stereocenters. The van der Waals surface area contributed by atoms with E-state index in [4.69, 9.17) is 11.5 Å². The molecule has 0 aliphatic carbocycles. The van der Waals surface area contributed by atoms with Crippen molar-refractivity contribution in [3.63, 3.8) is 0 Å². The number of hydrogen-bond acceptors (Lipinski definition) is 2. The molecule has 0 aromatic carbocycles. The van der Waals surface area contributed by atoms with Gasteiger partial charge in [-0.1, -0.05) is 96.8 Å². The van der Waals surface area contributed by atoms with Gasteiger partial charge < -0.3 is 11.5 Å². The highest BCUT2D eigenvalue weighted by Gasteiger charge is 2.02. The summed E-state index contributed by atoms with van der Waals surface area (Å²) in [7, 11) is 0. The van der Waals surface area contributed by atoms with Crippen LogP contribution in [0.4, 0.5) is 0 Å². The van der Waals surface area contributed by atoms with Crippen LogP contribution in [0.2, 0.25) is 0 Å². The molecule has 0 spiro atoms. The van der Waals surface area contributed by atoms with Crippen molar-refractivity contribution in [2.45, 2.75) is 110 Å². The van der Waals surface area contributed by atoms with Gasteiger partial charge >= 0.3 is 0 Å². The third-order valence-corrected chi connectivity index (χ3v) is 4.80. The molecule has 0 aromatic heterocycles. The Kier molecular flexibility index (Phi) is 18.9. The highest BCUT2D eigenvalue weighted by Crippen LogP contribution is 2.18. The molecular weight excluding hydrogens is 268 g/mol. The zero-order valence-corrected chi connectivity index (χ0v) is 15.5. The number of rotatable bonds is 18. The van der Waals surface area contributed by atoms with Crippen LogP contribution in [0.5, 0.6) is 0 Å². The van der Waals surface area contributed by atoms with Crippen molar-refractivity contribution >= 4 is 0 Å². The molecule has 134 valence electrons. The lowest BCUT2D eigenvalue weighted by Crippen LogP contribution is -1.98. The molecule has 0 fully saturated rings. The molecule has 0 heterocycles. The molecule has 2 heteroatoms. The van der Waals surface area contributed by atoms with E-state index in [0.717, 1.165) is 19.0 Å². The number of nitrogens with two attached hydrogens (primary N) is 2. The Bertz CT molecular complexity index is 194. The van der Waals surface area contributed by atoms with Crippen molar-refractivity contribution in [3.8, 4) is 0 Å². The summed E-state index contributed by atoms with van der Waals surface area (Å²) in [4.78, 5) is 0. The van der Waals surface area contributed by atoms with Gasteiger partial charge in [-0.25, -0.2) is 0 Å². The van der Waals surface area contributed by atoms with Gasteiger partial charge in [-0.3, -0.25) is 0 Å². The van der Waals surface area contributed by atoms with E-state index < -0.39 is 0 Å². The van der Waals surface area contributed by atoms with Crippen LogP contribution in [0.15, 0.2) is 0 Å². The molecular formula is C20H44N2. The maximum Gasteiger partial charge on any atom is -0.00773 e. The average molecular weight is 313 g/mol. The largest absolute Gasteiger partial charge is 0.330 e. The Morgan fingerprint density at radius 1 is 0.455 bits per heavy atom. The van der Waals surface area contributed by atoms with E-state index in [1.807, 2.05) is 0 Å². The first-order valence-corrected chi connectivity index (χ1v) is 10.2. The van der Waals surface area contributed by atoms with Crippen LogP contribution < -0.4 is 11.5 Å². The predicted octanol–water partition coefficient (Wildman–Crippen LogP) is 5.78. The molecule has 0 aromatic rings. The lowest BCUT2D eigenvalue weighted by atomic mass is 9.96. The fourth-order valence-corrected chi connectivity index (χ4v) is 3.19. The van der Waals surface area contributed by atoms with Gasteiger partial charge in [0.05, 0.1) is 0 Å². The zero-order chi connectivity index (χ0) is 16.3.